The zero-order chi connectivity index (χ0) is 14.7. The van der Waals surface area contributed by atoms with Crippen LogP contribution in [0, 0.1) is 0 Å². The molecule has 2 atom stereocenters. The number of oxime groups is 1. The Morgan fingerprint density at radius 2 is 2.20 bits per heavy atom. The summed E-state index contributed by atoms with van der Waals surface area (Å²) in [5, 5.41) is 22.2. The number of pyridine rings is 1. The predicted molar refractivity (Wildman–Crippen MR) is 78.4 cm³/mol. The van der Waals surface area contributed by atoms with Crippen LogP contribution in [-0.2, 0) is 0 Å². The van der Waals surface area contributed by atoms with Crippen molar-refractivity contribution in [2.24, 2.45) is 10.9 Å². The summed E-state index contributed by atoms with van der Waals surface area (Å²) in [5.74, 6) is 0.470. The van der Waals surface area contributed by atoms with Crippen LogP contribution in [0.4, 0.5) is 5.82 Å². The zero-order valence-electron chi connectivity index (χ0n) is 11.3. The highest BCUT2D eigenvalue weighted by atomic mass is 35.5. The third-order valence-corrected chi connectivity index (χ3v) is 4.15. The Labute approximate surface area is 122 Å². The highest BCUT2D eigenvalue weighted by Crippen LogP contribution is 2.31. The molecule has 4 N–H and O–H groups in total. The Balaban J connectivity index is 2.32. The van der Waals surface area contributed by atoms with E-state index < -0.39 is 0 Å². The van der Waals surface area contributed by atoms with E-state index in [1.807, 2.05) is 11.9 Å². The average molecular weight is 299 g/mol. The minimum atomic E-state index is -0.390. The van der Waals surface area contributed by atoms with Gasteiger partial charge in [0.05, 0.1) is 17.2 Å². The molecule has 1 aliphatic rings. The monoisotopic (exact) mass is 298 g/mol. The van der Waals surface area contributed by atoms with Gasteiger partial charge in [0.15, 0.2) is 5.84 Å². The molecule has 1 fully saturated rings. The fourth-order valence-electron chi connectivity index (χ4n) is 2.63. The molecule has 0 amide bonds. The van der Waals surface area contributed by atoms with E-state index in [2.05, 4.69) is 10.1 Å². The summed E-state index contributed by atoms with van der Waals surface area (Å²) in [5.41, 5.74) is 6.02. The maximum absolute atomic E-state index is 10.1. The maximum Gasteiger partial charge on any atom is 0.171 e. The Morgan fingerprint density at radius 1 is 1.50 bits per heavy atom. The maximum atomic E-state index is 10.1. The molecule has 2 unspecified atom stereocenters. The first-order valence-corrected chi connectivity index (χ1v) is 6.97. The zero-order valence-corrected chi connectivity index (χ0v) is 12.1. The lowest BCUT2D eigenvalue weighted by Crippen LogP contribution is -2.44. The lowest BCUT2D eigenvalue weighted by Gasteiger charge is -2.36. The number of aliphatic hydroxyl groups is 1. The number of nitrogens with zero attached hydrogens (tertiary/aromatic N) is 3. The number of halogens is 1. The topological polar surface area (TPSA) is 95.0 Å². The van der Waals surface area contributed by atoms with Crippen LogP contribution in [0.3, 0.4) is 0 Å². The van der Waals surface area contributed by atoms with Crippen molar-refractivity contribution < 1.29 is 10.3 Å². The third kappa shape index (κ3) is 2.81. The first-order valence-electron chi connectivity index (χ1n) is 6.59. The normalized spacial score (nSPS) is 23.6. The second-order valence-corrected chi connectivity index (χ2v) is 5.39. The number of hydrogen-bond donors (Lipinski definition) is 3. The smallest absolute Gasteiger partial charge is 0.171 e. The number of amidine groups is 1. The van der Waals surface area contributed by atoms with Crippen LogP contribution >= 0.6 is 11.6 Å². The Hall–Kier alpha value is -1.53. The van der Waals surface area contributed by atoms with E-state index in [9.17, 15) is 5.11 Å². The van der Waals surface area contributed by atoms with Gasteiger partial charge in [-0.05, 0) is 18.9 Å². The van der Waals surface area contributed by atoms with Gasteiger partial charge in [0.1, 0.15) is 5.82 Å². The van der Waals surface area contributed by atoms with Crippen LogP contribution in [0.15, 0.2) is 17.4 Å². The van der Waals surface area contributed by atoms with Gasteiger partial charge in [0.2, 0.25) is 0 Å². The molecule has 1 heterocycles. The summed E-state index contributed by atoms with van der Waals surface area (Å²) < 4.78 is 0. The molecule has 110 valence electrons. The fourth-order valence-corrected chi connectivity index (χ4v) is 2.97. The number of hydrogen-bond acceptors (Lipinski definition) is 5. The van der Waals surface area contributed by atoms with E-state index in [-0.39, 0.29) is 18.0 Å². The molecular weight excluding hydrogens is 280 g/mol. The number of rotatable bonds is 3. The summed E-state index contributed by atoms with van der Waals surface area (Å²) in [6.07, 6.45) is 4.95. The first-order chi connectivity index (χ1) is 9.56. The summed E-state index contributed by atoms with van der Waals surface area (Å²) >= 11 is 6.29. The lowest BCUT2D eigenvalue weighted by molar-refractivity contribution is 0.106. The second-order valence-electron chi connectivity index (χ2n) is 5.01. The van der Waals surface area contributed by atoms with Crippen LogP contribution in [0.5, 0.6) is 0 Å². The standard InChI is InChI=1S/C13H19ClN4O2/c1-18(9-4-2-3-5-10(9)19)13-11(14)8(6-7-16-13)12(15)17-20/h6-7,9-10,19-20H,2-5H2,1H3,(H2,15,17). The number of aromatic nitrogens is 1. The summed E-state index contributed by atoms with van der Waals surface area (Å²) in [6.45, 7) is 0. The Morgan fingerprint density at radius 3 is 2.85 bits per heavy atom. The molecule has 0 radical (unpaired) electrons. The van der Waals surface area contributed by atoms with Crippen LogP contribution in [0.2, 0.25) is 5.02 Å². The van der Waals surface area contributed by atoms with Gasteiger partial charge in [-0.2, -0.15) is 0 Å². The molecule has 2 rings (SSSR count). The molecule has 1 aromatic heterocycles. The van der Waals surface area contributed by atoms with Gasteiger partial charge in [-0.3, -0.25) is 0 Å². The van der Waals surface area contributed by atoms with E-state index in [1.165, 1.54) is 0 Å². The molecule has 20 heavy (non-hydrogen) atoms. The van der Waals surface area contributed by atoms with Gasteiger partial charge < -0.3 is 20.9 Å². The predicted octanol–water partition coefficient (Wildman–Crippen LogP) is 1.57. The molecule has 0 bridgehead atoms. The van der Waals surface area contributed by atoms with Crippen molar-refractivity contribution in [3.8, 4) is 0 Å². The van der Waals surface area contributed by atoms with E-state index in [1.54, 1.807) is 12.3 Å². The van der Waals surface area contributed by atoms with Crippen molar-refractivity contribution >= 4 is 23.3 Å². The molecule has 1 aliphatic carbocycles. The summed E-state index contributed by atoms with van der Waals surface area (Å²) in [7, 11) is 1.85. The van der Waals surface area contributed by atoms with Crippen molar-refractivity contribution in [3.05, 3.63) is 22.8 Å². The molecule has 0 saturated heterocycles. The van der Waals surface area contributed by atoms with Gasteiger partial charge in [0.25, 0.3) is 0 Å². The average Bonchev–Trinajstić information content (AvgIpc) is 2.46. The van der Waals surface area contributed by atoms with Crippen LogP contribution < -0.4 is 10.6 Å². The molecule has 0 spiro atoms. The Kier molecular flexibility index (Phi) is 4.67. The van der Waals surface area contributed by atoms with Gasteiger partial charge in [-0.1, -0.05) is 29.6 Å². The second kappa shape index (κ2) is 6.28. The van der Waals surface area contributed by atoms with Crippen LogP contribution in [0.25, 0.3) is 0 Å². The van der Waals surface area contributed by atoms with Crippen molar-refractivity contribution in [2.75, 3.05) is 11.9 Å². The van der Waals surface area contributed by atoms with Crippen molar-refractivity contribution in [2.45, 2.75) is 37.8 Å². The minimum absolute atomic E-state index is 0.0173. The van der Waals surface area contributed by atoms with E-state index in [0.29, 0.717) is 16.4 Å². The quantitative estimate of drug-likeness (QED) is 0.341. The largest absolute Gasteiger partial charge is 0.409 e. The number of anilines is 1. The molecule has 0 aliphatic heterocycles. The van der Waals surface area contributed by atoms with Crippen molar-refractivity contribution in [3.63, 3.8) is 0 Å². The fraction of sp³-hybridized carbons (Fsp3) is 0.538. The van der Waals surface area contributed by atoms with E-state index >= 15 is 0 Å². The molecule has 0 aromatic carbocycles. The number of aliphatic hydroxyl groups excluding tert-OH is 1. The summed E-state index contributed by atoms with van der Waals surface area (Å²) in [4.78, 5) is 6.13. The van der Waals surface area contributed by atoms with Gasteiger partial charge >= 0.3 is 0 Å². The Bertz CT molecular complexity index is 509. The van der Waals surface area contributed by atoms with Gasteiger partial charge in [-0.15, -0.1) is 0 Å². The van der Waals surface area contributed by atoms with Crippen LogP contribution in [0.1, 0.15) is 31.2 Å². The van der Waals surface area contributed by atoms with Crippen LogP contribution in [-0.4, -0.2) is 40.3 Å². The van der Waals surface area contributed by atoms with Crippen molar-refractivity contribution in [1.82, 2.24) is 4.98 Å². The minimum Gasteiger partial charge on any atom is -0.409 e. The van der Waals surface area contributed by atoms with E-state index in [0.717, 1.165) is 25.7 Å². The van der Waals surface area contributed by atoms with Crippen molar-refractivity contribution in [1.29, 1.82) is 0 Å². The number of nitrogens with two attached hydrogens (primary N) is 1. The highest BCUT2D eigenvalue weighted by Gasteiger charge is 2.29. The molecule has 7 heteroatoms. The van der Waals surface area contributed by atoms with Gasteiger partial charge in [0, 0.05) is 18.8 Å². The van der Waals surface area contributed by atoms with E-state index in [4.69, 9.17) is 22.5 Å². The lowest BCUT2D eigenvalue weighted by atomic mass is 9.91. The number of likely N-dealkylation sites (N-methyl/N-ethyl adjacent to an activating group) is 1. The first kappa shape index (κ1) is 14.9. The highest BCUT2D eigenvalue weighted by molar-refractivity contribution is 6.36. The SMILES string of the molecule is CN(c1nccc(/C(N)=N/O)c1Cl)C1CCCCC1O. The molecule has 1 saturated carbocycles. The summed E-state index contributed by atoms with van der Waals surface area (Å²) in [6, 6.07) is 1.57. The molecular formula is C13H19ClN4O2. The van der Waals surface area contributed by atoms with Gasteiger partial charge in [-0.25, -0.2) is 4.98 Å². The molecule has 6 nitrogen and oxygen atoms in total. The molecule has 1 aromatic rings. The third-order valence-electron chi connectivity index (χ3n) is 3.78.